The summed E-state index contributed by atoms with van der Waals surface area (Å²) in [5.41, 5.74) is -5.65. The molecule has 11 amide bonds. The van der Waals surface area contributed by atoms with Gasteiger partial charge < -0.3 is 55.1 Å². The second-order valence-corrected chi connectivity index (χ2v) is 27.9. The van der Waals surface area contributed by atoms with Crippen molar-refractivity contribution >= 4 is 65.0 Å². The fourth-order valence-electron chi connectivity index (χ4n) is 13.3. The number of amides is 11. The second kappa shape index (κ2) is 33.1. The van der Waals surface area contributed by atoms with Crippen LogP contribution in [0.25, 0.3) is 0 Å². The number of fused-ring (bicyclic) bond motifs is 1. The third kappa shape index (κ3) is 19.7. The monoisotopic (exact) mass is 1430 g/mol. The molecule has 0 aromatic heterocycles. The molecular formula is C68H93F10N11O11. The minimum atomic E-state index is -5.50. The highest BCUT2D eigenvalue weighted by Crippen LogP contribution is 2.40. The van der Waals surface area contributed by atoms with Gasteiger partial charge in [0.15, 0.2) is 0 Å². The van der Waals surface area contributed by atoms with Crippen molar-refractivity contribution in [1.82, 2.24) is 55.1 Å². The van der Waals surface area contributed by atoms with E-state index < -0.39 is 223 Å². The first kappa shape index (κ1) is 80.9. The second-order valence-electron chi connectivity index (χ2n) is 27.9. The maximum Gasteiger partial charge on any atom is 0.422 e. The number of carbonyl (C=O) groups is 11. The molecule has 100 heavy (non-hydrogen) atoms. The molecule has 0 radical (unpaired) electrons. The Kier molecular flexibility index (Phi) is 26.8. The zero-order valence-electron chi connectivity index (χ0n) is 58.5. The van der Waals surface area contributed by atoms with E-state index in [9.17, 15) is 69.5 Å². The highest BCUT2D eigenvalue weighted by molar-refractivity contribution is 6.00. The van der Waals surface area contributed by atoms with Crippen molar-refractivity contribution < 1.29 is 96.6 Å². The largest absolute Gasteiger partial charge is 0.422 e. The van der Waals surface area contributed by atoms with E-state index in [1.54, 1.807) is 20.8 Å². The molecule has 2 saturated carbocycles. The normalized spacial score (nSPS) is 25.5. The van der Waals surface area contributed by atoms with Crippen molar-refractivity contribution in [2.45, 2.75) is 197 Å². The van der Waals surface area contributed by atoms with Gasteiger partial charge in [-0.3, -0.25) is 52.7 Å². The highest BCUT2D eigenvalue weighted by atomic mass is 19.4. The van der Waals surface area contributed by atoms with Crippen LogP contribution in [0, 0.1) is 29.4 Å². The lowest BCUT2D eigenvalue weighted by atomic mass is 9.74. The third-order valence-electron chi connectivity index (χ3n) is 19.9. The maximum absolute atomic E-state index is 16.0. The van der Waals surface area contributed by atoms with Gasteiger partial charge in [-0.05, 0) is 111 Å². The summed E-state index contributed by atoms with van der Waals surface area (Å²) in [7, 11) is 8.83. The average Bonchev–Trinajstić information content (AvgIpc) is 1.23. The highest BCUT2D eigenvalue weighted by Gasteiger charge is 2.56. The summed E-state index contributed by atoms with van der Waals surface area (Å²) < 4.78 is 144. The van der Waals surface area contributed by atoms with E-state index in [1.165, 1.54) is 49.9 Å². The number of aryl methyl sites for hydroxylation is 1. The van der Waals surface area contributed by atoms with Gasteiger partial charge in [0.05, 0.1) is 31.7 Å². The molecule has 2 aliphatic carbocycles. The summed E-state index contributed by atoms with van der Waals surface area (Å²) in [5.74, 6) is -19.4. The van der Waals surface area contributed by atoms with Gasteiger partial charge in [0.25, 0.3) is 5.92 Å². The van der Waals surface area contributed by atoms with Crippen LogP contribution in [0.15, 0.2) is 36.4 Å². The molecule has 8 atom stereocenters. The molecule has 2 aromatic carbocycles. The van der Waals surface area contributed by atoms with Gasteiger partial charge in [-0.25, -0.2) is 17.6 Å². The molecule has 1 unspecified atom stereocenters. The number of hydrogen-bond acceptors (Lipinski definition) is 11. The lowest BCUT2D eigenvalue weighted by molar-refractivity contribution is -0.156. The van der Waals surface area contributed by atoms with Crippen LogP contribution in [0.3, 0.4) is 0 Å². The minimum Gasteiger partial charge on any atom is -0.343 e. The Morgan fingerprint density at radius 2 is 1.18 bits per heavy atom. The quantitative estimate of drug-likeness (QED) is 0.226. The number of likely N-dealkylation sites (N-methyl/N-ethyl adjacent to an activating group) is 7. The van der Waals surface area contributed by atoms with Crippen LogP contribution in [0.2, 0.25) is 0 Å². The molecule has 2 aliphatic heterocycles. The van der Waals surface area contributed by atoms with E-state index >= 15 is 27.2 Å². The molecule has 3 N–H and O–H groups in total. The molecule has 1 spiro atoms. The fourth-order valence-corrected chi connectivity index (χ4v) is 13.3. The Labute approximate surface area is 575 Å². The summed E-state index contributed by atoms with van der Waals surface area (Å²) in [6, 6.07) is -6.40. The van der Waals surface area contributed by atoms with Gasteiger partial charge in [-0.2, -0.15) is 26.3 Å². The zero-order chi connectivity index (χ0) is 75.0. The first-order valence-electron chi connectivity index (χ1n) is 33.5. The molecule has 32 heteroatoms. The summed E-state index contributed by atoms with van der Waals surface area (Å²) in [5, 5.41) is 7.71. The molecule has 22 nitrogen and oxygen atoms in total. The Morgan fingerprint density at radius 3 is 1.72 bits per heavy atom. The summed E-state index contributed by atoms with van der Waals surface area (Å²) >= 11 is 0. The minimum absolute atomic E-state index is 0.0444. The molecule has 2 saturated heterocycles. The van der Waals surface area contributed by atoms with Crippen LogP contribution in [0.1, 0.15) is 140 Å². The Balaban J connectivity index is 1.43. The molecule has 2 heterocycles. The number of hydrogen-bond donors (Lipinski definition) is 3. The number of rotatable bonds is 10. The number of benzene rings is 2. The smallest absolute Gasteiger partial charge is 0.343 e. The summed E-state index contributed by atoms with van der Waals surface area (Å²) in [6.07, 6.45) is -10.3. The SMILES string of the molecule is CC[C@H](C)[C@@H]1NC(=O)[C@H](CC(C)C)N(C)C(=O)C[C@@H](C)N(C)C(=O)[C@H](C2CCCCC2)N(C)C(=O)C2(CCC2)NC(=O)C2CC(F)(F)CN2C(=O)[C@H](CCc2cc(F)c(C(F)(F)F)c(F)c2)NC(=O)CN(C)C(=O)[C@H](Cc2ccc(C(F)(F)F)cc2)N(C)C(=O)CN(C)C(=O)CN(C)C1=O. The molecule has 556 valence electrons. The van der Waals surface area contributed by atoms with E-state index in [0.717, 1.165) is 47.3 Å². The fraction of sp³-hybridized carbons (Fsp3) is 0.662. The predicted octanol–water partition coefficient (Wildman–Crippen LogP) is 6.20. The predicted molar refractivity (Wildman–Crippen MR) is 343 cm³/mol. The lowest BCUT2D eigenvalue weighted by Gasteiger charge is -2.47. The Bertz CT molecular complexity index is 3320. The van der Waals surface area contributed by atoms with Gasteiger partial charge in [-0.15, -0.1) is 0 Å². The number of alkyl halides is 8. The van der Waals surface area contributed by atoms with Crippen LogP contribution in [0.4, 0.5) is 43.9 Å². The van der Waals surface area contributed by atoms with Crippen molar-refractivity contribution in [3.63, 3.8) is 0 Å². The average molecular weight is 1430 g/mol. The topological polar surface area (TPSA) is 250 Å². The summed E-state index contributed by atoms with van der Waals surface area (Å²) in [4.78, 5) is 168. The molecule has 4 aliphatic rings. The van der Waals surface area contributed by atoms with Crippen molar-refractivity contribution in [3.05, 3.63) is 70.3 Å². The third-order valence-corrected chi connectivity index (χ3v) is 19.9. The zero-order valence-corrected chi connectivity index (χ0v) is 58.5. The number of carbonyl (C=O) groups excluding carboxylic acids is 11. The van der Waals surface area contributed by atoms with E-state index in [0.29, 0.717) is 72.6 Å². The number of halogens is 10. The molecule has 6 rings (SSSR count). The Morgan fingerprint density at radius 1 is 0.610 bits per heavy atom. The molecule has 2 aromatic rings. The first-order chi connectivity index (χ1) is 46.4. The van der Waals surface area contributed by atoms with Gasteiger partial charge >= 0.3 is 12.4 Å². The van der Waals surface area contributed by atoms with Gasteiger partial charge in [0.1, 0.15) is 59.0 Å². The van der Waals surface area contributed by atoms with Gasteiger partial charge in [0, 0.05) is 74.6 Å². The van der Waals surface area contributed by atoms with E-state index in [1.807, 2.05) is 13.8 Å². The maximum atomic E-state index is 16.0. The van der Waals surface area contributed by atoms with E-state index in [2.05, 4.69) is 16.0 Å². The number of nitrogens with zero attached hydrogens (tertiary/aromatic N) is 8. The standard InChI is InChI=1S/C68H93F10N11O11/c1-13-39(4)56-62(98)84(8)35-53(92)82(6)36-54(93)87(11)49(32-41-20-23-44(24-21-41)67(73,74)75)61(97)83(7)34-51(90)79-47(25-22-42-30-45(69)55(46(70)31-42)68(76,77)78)60(96)89-37-66(71,72)33-50(89)59(95)81-65(26-17-27-65)64(100)88(12)57(43-18-15-14-16-19-43)63(99)85(9)40(5)29-52(91)86(10)48(28-38(2)3)58(94)80-56/h20-21,23-24,30-31,38-40,43,47-50,56-57H,13-19,22,25-29,32-37H2,1-12H3,(H,79,90)(H,80,94)(H,81,95)/t39-,40+,47-,48-,49-,50?,56-,57-/m0/s1. The lowest BCUT2D eigenvalue weighted by Crippen LogP contribution is -2.68. The van der Waals surface area contributed by atoms with Crippen molar-refractivity contribution in [1.29, 1.82) is 0 Å². The molecule has 4 fully saturated rings. The van der Waals surface area contributed by atoms with Crippen LogP contribution < -0.4 is 16.0 Å². The van der Waals surface area contributed by atoms with Crippen molar-refractivity contribution in [3.8, 4) is 0 Å². The molecule has 0 bridgehead atoms. The van der Waals surface area contributed by atoms with Crippen LogP contribution >= 0.6 is 0 Å². The van der Waals surface area contributed by atoms with Crippen molar-refractivity contribution in [2.75, 3.05) is 75.5 Å². The first-order valence-corrected chi connectivity index (χ1v) is 33.5. The van der Waals surface area contributed by atoms with E-state index in [4.69, 9.17) is 0 Å². The van der Waals surface area contributed by atoms with Crippen LogP contribution in [0.5, 0.6) is 0 Å². The van der Waals surface area contributed by atoms with Crippen LogP contribution in [-0.4, -0.2) is 233 Å². The van der Waals surface area contributed by atoms with Gasteiger partial charge in [-0.1, -0.05) is 65.5 Å². The summed E-state index contributed by atoms with van der Waals surface area (Å²) in [6.45, 7) is 4.63. The van der Waals surface area contributed by atoms with Crippen LogP contribution in [-0.2, 0) is 77.9 Å². The van der Waals surface area contributed by atoms with E-state index in [-0.39, 0.29) is 37.2 Å². The Hall–Kier alpha value is -8.09. The molecular weight excluding hydrogens is 1340 g/mol. The van der Waals surface area contributed by atoms with Gasteiger partial charge in [0.2, 0.25) is 65.0 Å². The van der Waals surface area contributed by atoms with Crippen molar-refractivity contribution in [2.24, 2.45) is 17.8 Å². The number of nitrogens with one attached hydrogen (secondary N) is 3.